The van der Waals surface area contributed by atoms with E-state index < -0.39 is 5.41 Å². The minimum absolute atomic E-state index is 0.0245. The van der Waals surface area contributed by atoms with Gasteiger partial charge in [-0.1, -0.05) is 45.1 Å². The second kappa shape index (κ2) is 5.72. The van der Waals surface area contributed by atoms with Crippen LogP contribution in [-0.2, 0) is 17.9 Å². The lowest BCUT2D eigenvalue weighted by molar-refractivity contribution is -0.128. The van der Waals surface area contributed by atoms with Gasteiger partial charge in [-0.15, -0.1) is 0 Å². The van der Waals surface area contributed by atoms with Crippen LogP contribution >= 0.6 is 0 Å². The third kappa shape index (κ3) is 3.51. The summed E-state index contributed by atoms with van der Waals surface area (Å²) in [6.07, 6.45) is 0. The quantitative estimate of drug-likeness (QED) is 0.876. The maximum atomic E-state index is 12.0. The largest absolute Gasteiger partial charge is 0.348 e. The summed E-state index contributed by atoms with van der Waals surface area (Å²) in [4.78, 5) is 16.6. The fourth-order valence-corrected chi connectivity index (χ4v) is 2.13. The molecule has 0 saturated heterocycles. The van der Waals surface area contributed by atoms with Gasteiger partial charge in [-0.25, -0.2) is 4.98 Å². The van der Waals surface area contributed by atoms with Crippen LogP contribution < -0.4 is 5.32 Å². The SMILES string of the molecule is C=C(C)Cn1c(CNC(=O)C(C)(C)C)nc2ccccc21. The summed E-state index contributed by atoms with van der Waals surface area (Å²) in [6, 6.07) is 7.99. The third-order valence-electron chi connectivity index (χ3n) is 3.25. The van der Waals surface area contributed by atoms with Crippen LogP contribution in [0.5, 0.6) is 0 Å². The number of hydrogen-bond acceptors (Lipinski definition) is 2. The predicted molar refractivity (Wildman–Crippen MR) is 85.8 cm³/mol. The number of hydrogen-bond donors (Lipinski definition) is 1. The number of rotatable bonds is 4. The number of benzene rings is 1. The van der Waals surface area contributed by atoms with Crippen molar-refractivity contribution in [2.45, 2.75) is 40.8 Å². The summed E-state index contributed by atoms with van der Waals surface area (Å²) in [7, 11) is 0. The Labute approximate surface area is 125 Å². The molecule has 1 N–H and O–H groups in total. The highest BCUT2D eigenvalue weighted by Gasteiger charge is 2.21. The molecule has 0 fully saturated rings. The van der Waals surface area contributed by atoms with Gasteiger partial charge < -0.3 is 9.88 Å². The van der Waals surface area contributed by atoms with E-state index in [0.29, 0.717) is 13.1 Å². The lowest BCUT2D eigenvalue weighted by atomic mass is 9.96. The van der Waals surface area contributed by atoms with Crippen LogP contribution in [0.2, 0.25) is 0 Å². The van der Waals surface area contributed by atoms with Gasteiger partial charge in [0, 0.05) is 12.0 Å². The summed E-state index contributed by atoms with van der Waals surface area (Å²) in [5, 5.41) is 2.96. The average molecular weight is 285 g/mol. The molecule has 0 spiro atoms. The van der Waals surface area contributed by atoms with Crippen LogP contribution in [-0.4, -0.2) is 15.5 Å². The van der Waals surface area contributed by atoms with Crippen molar-refractivity contribution < 1.29 is 4.79 Å². The molecule has 4 nitrogen and oxygen atoms in total. The molecular formula is C17H23N3O. The van der Waals surface area contributed by atoms with Crippen molar-refractivity contribution >= 4 is 16.9 Å². The molecule has 0 aliphatic carbocycles. The highest BCUT2D eigenvalue weighted by atomic mass is 16.2. The van der Waals surface area contributed by atoms with Crippen LogP contribution in [0.1, 0.15) is 33.5 Å². The molecule has 1 amide bonds. The zero-order chi connectivity index (χ0) is 15.6. The second-order valence-electron chi connectivity index (χ2n) is 6.49. The predicted octanol–water partition coefficient (Wildman–Crippen LogP) is 3.27. The zero-order valence-corrected chi connectivity index (χ0v) is 13.2. The average Bonchev–Trinajstić information content (AvgIpc) is 2.72. The van der Waals surface area contributed by atoms with E-state index in [-0.39, 0.29) is 5.91 Å². The Morgan fingerprint density at radius 1 is 1.33 bits per heavy atom. The number of para-hydroxylation sites is 2. The number of nitrogens with one attached hydrogen (secondary N) is 1. The van der Waals surface area contributed by atoms with Gasteiger partial charge in [0.1, 0.15) is 5.82 Å². The van der Waals surface area contributed by atoms with Gasteiger partial charge in [-0.2, -0.15) is 0 Å². The van der Waals surface area contributed by atoms with E-state index >= 15 is 0 Å². The Kier molecular flexibility index (Phi) is 4.16. The van der Waals surface area contributed by atoms with E-state index in [1.54, 1.807) is 0 Å². The fourth-order valence-electron chi connectivity index (χ4n) is 2.13. The number of carbonyl (C=O) groups excluding carboxylic acids is 1. The van der Waals surface area contributed by atoms with Crippen LogP contribution in [0.3, 0.4) is 0 Å². The smallest absolute Gasteiger partial charge is 0.225 e. The number of imidazole rings is 1. The van der Waals surface area contributed by atoms with Crippen molar-refractivity contribution in [3.8, 4) is 0 Å². The van der Waals surface area contributed by atoms with Crippen molar-refractivity contribution in [2.75, 3.05) is 0 Å². The fraction of sp³-hybridized carbons (Fsp3) is 0.412. The first-order valence-electron chi connectivity index (χ1n) is 7.16. The Morgan fingerprint density at radius 2 is 2.00 bits per heavy atom. The van der Waals surface area contributed by atoms with Crippen molar-refractivity contribution in [1.29, 1.82) is 0 Å². The molecule has 0 saturated carbocycles. The molecule has 1 heterocycles. The monoisotopic (exact) mass is 285 g/mol. The Bertz CT molecular complexity index is 677. The molecule has 1 aromatic heterocycles. The number of aromatic nitrogens is 2. The minimum Gasteiger partial charge on any atom is -0.348 e. The molecule has 112 valence electrons. The number of allylic oxidation sites excluding steroid dienone is 1. The molecule has 2 aromatic rings. The van der Waals surface area contributed by atoms with E-state index in [2.05, 4.69) is 21.4 Å². The number of nitrogens with zero attached hydrogens (tertiary/aromatic N) is 2. The Balaban J connectivity index is 2.30. The van der Waals surface area contributed by atoms with Crippen molar-refractivity contribution in [2.24, 2.45) is 5.41 Å². The minimum atomic E-state index is -0.398. The summed E-state index contributed by atoms with van der Waals surface area (Å²) in [5.74, 6) is 0.883. The molecular weight excluding hydrogens is 262 g/mol. The van der Waals surface area contributed by atoms with Crippen LogP contribution in [0.25, 0.3) is 11.0 Å². The molecule has 2 rings (SSSR count). The summed E-state index contributed by atoms with van der Waals surface area (Å²) < 4.78 is 2.11. The van der Waals surface area contributed by atoms with Crippen molar-refractivity contribution in [3.63, 3.8) is 0 Å². The maximum absolute atomic E-state index is 12.0. The van der Waals surface area contributed by atoms with Crippen LogP contribution in [0.15, 0.2) is 36.4 Å². The summed E-state index contributed by atoms with van der Waals surface area (Å²) in [5.41, 5.74) is 2.67. The molecule has 4 heteroatoms. The second-order valence-corrected chi connectivity index (χ2v) is 6.49. The van der Waals surface area contributed by atoms with Crippen molar-refractivity contribution in [1.82, 2.24) is 14.9 Å². The van der Waals surface area contributed by atoms with Gasteiger partial charge in [-0.05, 0) is 19.1 Å². The first kappa shape index (κ1) is 15.3. The van der Waals surface area contributed by atoms with E-state index in [1.165, 1.54) is 0 Å². The van der Waals surface area contributed by atoms with Gasteiger partial charge in [0.15, 0.2) is 0 Å². The normalized spacial score (nSPS) is 11.6. The van der Waals surface area contributed by atoms with E-state index in [0.717, 1.165) is 22.4 Å². The number of fused-ring (bicyclic) bond motifs is 1. The molecule has 0 atom stereocenters. The first-order valence-corrected chi connectivity index (χ1v) is 7.16. The molecule has 21 heavy (non-hydrogen) atoms. The molecule has 1 aromatic carbocycles. The summed E-state index contributed by atoms with van der Waals surface area (Å²) in [6.45, 7) is 12.8. The van der Waals surface area contributed by atoms with E-state index in [1.807, 2.05) is 52.0 Å². The highest BCUT2D eigenvalue weighted by Crippen LogP contribution is 2.18. The van der Waals surface area contributed by atoms with Crippen LogP contribution in [0, 0.1) is 5.41 Å². The maximum Gasteiger partial charge on any atom is 0.225 e. The standard InChI is InChI=1S/C17H23N3O/c1-12(2)11-20-14-9-7-6-8-13(14)19-15(20)10-18-16(21)17(3,4)5/h6-9H,1,10-11H2,2-5H3,(H,18,21). The highest BCUT2D eigenvalue weighted by molar-refractivity contribution is 5.81. The van der Waals surface area contributed by atoms with E-state index in [4.69, 9.17) is 0 Å². The first-order chi connectivity index (χ1) is 9.79. The number of amides is 1. The third-order valence-corrected chi connectivity index (χ3v) is 3.25. The summed E-state index contributed by atoms with van der Waals surface area (Å²) >= 11 is 0. The Hall–Kier alpha value is -2.10. The molecule has 0 aliphatic rings. The topological polar surface area (TPSA) is 46.9 Å². The van der Waals surface area contributed by atoms with Gasteiger partial charge in [0.05, 0.1) is 17.6 Å². The van der Waals surface area contributed by atoms with E-state index in [9.17, 15) is 4.79 Å². The van der Waals surface area contributed by atoms with Crippen molar-refractivity contribution in [3.05, 3.63) is 42.2 Å². The number of carbonyl (C=O) groups is 1. The molecule has 0 unspecified atom stereocenters. The lowest BCUT2D eigenvalue weighted by Gasteiger charge is -2.18. The van der Waals surface area contributed by atoms with Gasteiger partial charge in [0.25, 0.3) is 0 Å². The lowest BCUT2D eigenvalue weighted by Crippen LogP contribution is -2.35. The zero-order valence-electron chi connectivity index (χ0n) is 13.2. The Morgan fingerprint density at radius 3 is 2.62 bits per heavy atom. The van der Waals surface area contributed by atoms with Gasteiger partial charge >= 0.3 is 0 Å². The van der Waals surface area contributed by atoms with Gasteiger partial charge in [-0.3, -0.25) is 4.79 Å². The molecule has 0 bridgehead atoms. The molecule has 0 aliphatic heterocycles. The van der Waals surface area contributed by atoms with Gasteiger partial charge in [0.2, 0.25) is 5.91 Å². The molecule has 0 radical (unpaired) electrons. The van der Waals surface area contributed by atoms with Crippen LogP contribution in [0.4, 0.5) is 0 Å².